The summed E-state index contributed by atoms with van der Waals surface area (Å²) in [4.78, 5) is 12.4. The Labute approximate surface area is 154 Å². The van der Waals surface area contributed by atoms with Crippen molar-refractivity contribution in [1.29, 1.82) is 0 Å². The number of nitrogens with one attached hydrogen (secondary N) is 1. The molecule has 2 atom stereocenters. The number of hydrogen-bond acceptors (Lipinski definition) is 2. The molecule has 3 aromatic carbocycles. The van der Waals surface area contributed by atoms with E-state index < -0.39 is 0 Å². The molecule has 1 aliphatic rings. The number of fused-ring (bicyclic) bond motifs is 3. The third kappa shape index (κ3) is 3.05. The maximum atomic E-state index is 12.4. The van der Waals surface area contributed by atoms with Crippen molar-refractivity contribution in [2.24, 2.45) is 0 Å². The molecule has 132 valence electrons. The van der Waals surface area contributed by atoms with Crippen molar-refractivity contribution in [2.45, 2.75) is 38.7 Å². The molecule has 0 fully saturated rings. The van der Waals surface area contributed by atoms with Gasteiger partial charge in [0.2, 0.25) is 5.91 Å². The first-order valence-electron chi connectivity index (χ1n) is 9.24. The monoisotopic (exact) mass is 345 g/mol. The van der Waals surface area contributed by atoms with Crippen molar-refractivity contribution >= 4 is 22.4 Å². The molecule has 1 heterocycles. The molecule has 0 saturated heterocycles. The van der Waals surface area contributed by atoms with Crippen LogP contribution in [0.4, 0.5) is 5.69 Å². The summed E-state index contributed by atoms with van der Waals surface area (Å²) < 4.78 is 5.87. The van der Waals surface area contributed by atoms with Crippen LogP contribution in [0.3, 0.4) is 0 Å². The molecule has 1 amide bonds. The third-order valence-corrected chi connectivity index (χ3v) is 5.19. The first kappa shape index (κ1) is 16.6. The number of anilines is 1. The lowest BCUT2D eigenvalue weighted by Gasteiger charge is -2.27. The summed E-state index contributed by atoms with van der Waals surface area (Å²) in [6.45, 7) is 4.18. The molecule has 3 aromatic rings. The molecular formula is C23H23NO2. The van der Waals surface area contributed by atoms with Crippen LogP contribution < -0.4 is 10.1 Å². The molecular weight excluding hydrogens is 322 g/mol. The molecule has 26 heavy (non-hydrogen) atoms. The fourth-order valence-electron chi connectivity index (χ4n) is 3.60. The Bertz CT molecular complexity index is 946. The summed E-state index contributed by atoms with van der Waals surface area (Å²) in [5.74, 6) is 1.02. The van der Waals surface area contributed by atoms with Gasteiger partial charge in [0.1, 0.15) is 5.75 Å². The summed E-state index contributed by atoms with van der Waals surface area (Å²) >= 11 is 0. The highest BCUT2D eigenvalue weighted by Crippen LogP contribution is 2.41. The zero-order valence-electron chi connectivity index (χ0n) is 15.2. The van der Waals surface area contributed by atoms with E-state index in [2.05, 4.69) is 55.6 Å². The molecule has 0 bridgehead atoms. The normalized spacial score (nSPS) is 17.5. The average Bonchev–Trinajstić information content (AvgIpc) is 2.67. The van der Waals surface area contributed by atoms with E-state index >= 15 is 0 Å². The number of rotatable bonds is 4. The van der Waals surface area contributed by atoms with Crippen molar-refractivity contribution in [1.82, 2.24) is 0 Å². The summed E-state index contributed by atoms with van der Waals surface area (Å²) in [7, 11) is 0. The van der Waals surface area contributed by atoms with Crippen LogP contribution in [0, 0.1) is 0 Å². The van der Waals surface area contributed by atoms with E-state index in [0.717, 1.165) is 34.2 Å². The van der Waals surface area contributed by atoms with Crippen LogP contribution in [0.1, 0.15) is 43.7 Å². The highest BCUT2D eigenvalue weighted by Gasteiger charge is 2.27. The third-order valence-electron chi connectivity index (χ3n) is 5.19. The first-order chi connectivity index (χ1) is 12.7. The second-order valence-corrected chi connectivity index (χ2v) is 6.96. The minimum atomic E-state index is 0.0683. The topological polar surface area (TPSA) is 38.3 Å². The van der Waals surface area contributed by atoms with Gasteiger partial charge in [0, 0.05) is 17.7 Å². The van der Waals surface area contributed by atoms with E-state index in [1.165, 1.54) is 5.56 Å². The van der Waals surface area contributed by atoms with E-state index in [9.17, 15) is 4.79 Å². The Hall–Kier alpha value is -2.81. The van der Waals surface area contributed by atoms with Gasteiger partial charge in [0.05, 0.1) is 11.8 Å². The van der Waals surface area contributed by atoms with E-state index in [1.54, 1.807) is 0 Å². The summed E-state index contributed by atoms with van der Waals surface area (Å²) in [6.07, 6.45) is 1.65. The highest BCUT2D eigenvalue weighted by molar-refractivity contribution is 6.06. The zero-order valence-corrected chi connectivity index (χ0v) is 15.2. The lowest BCUT2D eigenvalue weighted by Crippen LogP contribution is -2.23. The first-order valence-corrected chi connectivity index (χ1v) is 9.24. The molecule has 0 aromatic heterocycles. The summed E-state index contributed by atoms with van der Waals surface area (Å²) in [5, 5.41) is 5.32. The van der Waals surface area contributed by atoms with Gasteiger partial charge in [0.15, 0.2) is 0 Å². The van der Waals surface area contributed by atoms with Gasteiger partial charge in [-0.05, 0) is 42.0 Å². The molecule has 0 radical (unpaired) electrons. The van der Waals surface area contributed by atoms with E-state index in [4.69, 9.17) is 4.74 Å². The summed E-state index contributed by atoms with van der Waals surface area (Å²) in [6, 6.07) is 20.6. The van der Waals surface area contributed by atoms with Gasteiger partial charge in [-0.3, -0.25) is 4.79 Å². The molecule has 0 aliphatic carbocycles. The Morgan fingerprint density at radius 1 is 1.08 bits per heavy atom. The lowest BCUT2D eigenvalue weighted by molar-refractivity contribution is -0.116. The molecule has 3 heteroatoms. The van der Waals surface area contributed by atoms with Gasteiger partial charge in [-0.2, -0.15) is 0 Å². The Morgan fingerprint density at radius 3 is 2.62 bits per heavy atom. The zero-order chi connectivity index (χ0) is 18.1. The van der Waals surface area contributed by atoms with Crippen molar-refractivity contribution in [3.05, 3.63) is 71.8 Å². The highest BCUT2D eigenvalue weighted by atomic mass is 16.5. The van der Waals surface area contributed by atoms with Crippen molar-refractivity contribution in [2.75, 3.05) is 5.32 Å². The maximum absolute atomic E-state index is 12.4. The fourth-order valence-corrected chi connectivity index (χ4v) is 3.60. The Kier molecular flexibility index (Phi) is 4.37. The van der Waals surface area contributed by atoms with E-state index in [1.807, 2.05) is 24.3 Å². The van der Waals surface area contributed by atoms with Gasteiger partial charge in [0.25, 0.3) is 0 Å². The molecule has 0 unspecified atom stereocenters. The molecule has 0 saturated carbocycles. The predicted molar refractivity (Wildman–Crippen MR) is 106 cm³/mol. The largest absolute Gasteiger partial charge is 0.491 e. The van der Waals surface area contributed by atoms with Gasteiger partial charge in [-0.15, -0.1) is 0 Å². The van der Waals surface area contributed by atoms with Gasteiger partial charge >= 0.3 is 0 Å². The summed E-state index contributed by atoms with van der Waals surface area (Å²) in [5.41, 5.74) is 3.27. The molecule has 3 nitrogen and oxygen atoms in total. The van der Waals surface area contributed by atoms with Crippen molar-refractivity contribution < 1.29 is 9.53 Å². The quantitative estimate of drug-likeness (QED) is 0.679. The minimum Gasteiger partial charge on any atom is -0.491 e. The SMILES string of the molecule is CC[C@H](C)Oc1ccc([C@H]2CC(=O)Nc3c2ccc2ccccc32)cc1. The van der Waals surface area contributed by atoms with Crippen LogP contribution in [0.5, 0.6) is 5.75 Å². The van der Waals surface area contributed by atoms with Gasteiger partial charge in [-0.1, -0.05) is 55.5 Å². The number of benzene rings is 3. The predicted octanol–water partition coefficient (Wildman–Crippen LogP) is 5.49. The van der Waals surface area contributed by atoms with Crippen LogP contribution in [0.2, 0.25) is 0 Å². The van der Waals surface area contributed by atoms with Gasteiger partial charge in [-0.25, -0.2) is 0 Å². The molecule has 1 N–H and O–H groups in total. The van der Waals surface area contributed by atoms with Crippen molar-refractivity contribution in [3.8, 4) is 5.75 Å². The second-order valence-electron chi connectivity index (χ2n) is 6.96. The Morgan fingerprint density at radius 2 is 1.85 bits per heavy atom. The second kappa shape index (κ2) is 6.83. The number of amides is 1. The Balaban J connectivity index is 1.72. The molecule has 0 spiro atoms. The van der Waals surface area contributed by atoms with E-state index in [-0.39, 0.29) is 17.9 Å². The smallest absolute Gasteiger partial charge is 0.225 e. The number of carbonyl (C=O) groups excluding carboxylic acids is 1. The number of ether oxygens (including phenoxy) is 1. The van der Waals surface area contributed by atoms with Crippen LogP contribution in [-0.4, -0.2) is 12.0 Å². The molecule has 4 rings (SSSR count). The van der Waals surface area contributed by atoms with Gasteiger partial charge < -0.3 is 10.1 Å². The average molecular weight is 345 g/mol. The van der Waals surface area contributed by atoms with E-state index in [0.29, 0.717) is 6.42 Å². The van der Waals surface area contributed by atoms with Crippen LogP contribution in [-0.2, 0) is 4.79 Å². The minimum absolute atomic E-state index is 0.0683. The van der Waals surface area contributed by atoms with Crippen molar-refractivity contribution in [3.63, 3.8) is 0 Å². The standard InChI is InChI=1S/C23H23NO2/c1-3-15(2)26-18-11-8-17(9-12-18)21-14-22(25)24-23-19-7-5-4-6-16(19)10-13-20(21)23/h4-13,15,21H,3,14H2,1-2H3,(H,24,25)/t15-,21+/m0/s1. The van der Waals surface area contributed by atoms with Crippen LogP contribution >= 0.6 is 0 Å². The molecule has 1 aliphatic heterocycles. The number of carbonyl (C=O) groups is 1. The van der Waals surface area contributed by atoms with Crippen LogP contribution in [0.15, 0.2) is 60.7 Å². The maximum Gasteiger partial charge on any atom is 0.225 e. The lowest BCUT2D eigenvalue weighted by atomic mass is 9.83. The number of hydrogen-bond donors (Lipinski definition) is 1. The fraction of sp³-hybridized carbons (Fsp3) is 0.261. The van der Waals surface area contributed by atoms with Crippen LogP contribution in [0.25, 0.3) is 10.8 Å².